The highest BCUT2D eigenvalue weighted by Crippen LogP contribution is 2.50. The minimum Gasteiger partial charge on any atom is -0.516 e. The molecule has 0 spiro atoms. The fraction of sp³-hybridized carbons (Fsp3) is 0.500. The lowest BCUT2D eigenvalue weighted by Crippen LogP contribution is -2.62. The van der Waals surface area contributed by atoms with Crippen molar-refractivity contribution >= 4 is 40.7 Å². The van der Waals surface area contributed by atoms with Gasteiger partial charge in [-0.2, -0.15) is 0 Å². The Morgan fingerprint density at radius 3 is 0.986 bits per heavy atom. The molecule has 0 bridgehead atoms. The van der Waals surface area contributed by atoms with E-state index in [1.807, 2.05) is 135 Å². The van der Waals surface area contributed by atoms with Gasteiger partial charge in [0.1, 0.15) is 11.5 Å². The predicted octanol–water partition coefficient (Wildman–Crippen LogP) is 15.8. The maximum atomic E-state index is 16.3. The van der Waals surface area contributed by atoms with Gasteiger partial charge in [-0.1, -0.05) is 206 Å². The van der Waals surface area contributed by atoms with Crippen molar-refractivity contribution in [3.05, 3.63) is 144 Å². The first-order valence-corrected chi connectivity index (χ1v) is 30.0. The second-order valence-corrected chi connectivity index (χ2v) is 31.5. The molecule has 70 heavy (non-hydrogen) atoms. The number of benzene rings is 4. The van der Waals surface area contributed by atoms with Crippen LogP contribution in [0.2, 0.25) is 33.2 Å². The van der Waals surface area contributed by atoms with Crippen molar-refractivity contribution in [2.24, 2.45) is 11.8 Å². The third kappa shape index (κ3) is 13.0. The molecular weight excluding hydrogens is 905 g/mol. The summed E-state index contributed by atoms with van der Waals surface area (Å²) < 4.78 is 40.5. The van der Waals surface area contributed by atoms with Crippen LogP contribution in [0.5, 0.6) is 11.5 Å². The molecule has 4 atom stereocenters. The first-order valence-electron chi connectivity index (χ1n) is 25.7. The summed E-state index contributed by atoms with van der Waals surface area (Å²) in [6.07, 6.45) is 8.68. The van der Waals surface area contributed by atoms with Crippen LogP contribution in [0.3, 0.4) is 0 Å². The van der Waals surface area contributed by atoms with Gasteiger partial charge in [0.2, 0.25) is 0 Å². The van der Waals surface area contributed by atoms with Crippen LogP contribution in [0.4, 0.5) is 0 Å². The van der Waals surface area contributed by atoms with E-state index in [0.29, 0.717) is 11.5 Å². The zero-order valence-corrected chi connectivity index (χ0v) is 47.4. The van der Waals surface area contributed by atoms with E-state index >= 15 is 9.59 Å². The molecular formula is C60H86O8Si2. The molecule has 0 aliphatic carbocycles. The maximum absolute atomic E-state index is 16.3. The van der Waals surface area contributed by atoms with Crippen molar-refractivity contribution in [2.45, 2.75) is 167 Å². The van der Waals surface area contributed by atoms with Crippen molar-refractivity contribution in [2.75, 3.05) is 14.2 Å². The molecule has 0 saturated carbocycles. The maximum Gasteiger partial charge on any atom is 0.325 e. The Morgan fingerprint density at radius 2 is 0.743 bits per heavy atom. The molecule has 0 N–H and O–H groups in total. The molecule has 0 radical (unpaired) electrons. The summed E-state index contributed by atoms with van der Waals surface area (Å²) in [5.74, 6) is -1.17. The van der Waals surface area contributed by atoms with Gasteiger partial charge in [-0.25, -0.2) is 0 Å². The average Bonchev–Trinajstić information content (AvgIpc) is 3.34. The number of rotatable bonds is 27. The fourth-order valence-corrected chi connectivity index (χ4v) is 21.7. The summed E-state index contributed by atoms with van der Waals surface area (Å²) in [6.45, 7) is 30.4. The van der Waals surface area contributed by atoms with E-state index in [0.717, 1.165) is 22.3 Å². The molecule has 0 fully saturated rings. The molecule has 4 aromatic carbocycles. The lowest BCUT2D eigenvalue weighted by atomic mass is 9.67. The summed E-state index contributed by atoms with van der Waals surface area (Å²) in [4.78, 5) is 32.7. The third-order valence-electron chi connectivity index (χ3n) is 15.1. The Balaban J connectivity index is 2.23. The molecule has 0 unspecified atom stereocenters. The van der Waals surface area contributed by atoms with Crippen LogP contribution in [0.15, 0.2) is 121 Å². The lowest BCUT2D eigenvalue weighted by molar-refractivity contribution is -0.194. The number of hydrogen-bond donors (Lipinski definition) is 0. The molecule has 382 valence electrons. The lowest BCUT2D eigenvalue weighted by Gasteiger charge is -2.50. The molecule has 0 saturated heterocycles. The second-order valence-electron chi connectivity index (χ2n) is 20.8. The highest BCUT2D eigenvalue weighted by Gasteiger charge is 2.61. The van der Waals surface area contributed by atoms with Gasteiger partial charge in [-0.05, 0) is 92.6 Å². The van der Waals surface area contributed by atoms with E-state index < -0.39 is 51.6 Å². The Bertz CT molecular complexity index is 2050. The summed E-state index contributed by atoms with van der Waals surface area (Å²) >= 11 is 0. The summed E-state index contributed by atoms with van der Waals surface area (Å²) in [7, 11) is -2.53. The van der Waals surface area contributed by atoms with E-state index in [9.17, 15) is 0 Å². The van der Waals surface area contributed by atoms with Crippen molar-refractivity contribution in [1.82, 2.24) is 0 Å². The zero-order valence-electron chi connectivity index (χ0n) is 45.4. The smallest absolute Gasteiger partial charge is 0.325 e. The van der Waals surface area contributed by atoms with E-state index in [1.54, 1.807) is 14.2 Å². The van der Waals surface area contributed by atoms with E-state index in [1.165, 1.54) is 0 Å². The van der Waals surface area contributed by atoms with Crippen LogP contribution in [-0.4, -0.2) is 54.0 Å². The van der Waals surface area contributed by atoms with Crippen LogP contribution in [0.25, 0.3) is 12.2 Å². The average molecular weight is 992 g/mol. The van der Waals surface area contributed by atoms with Crippen LogP contribution in [0.1, 0.15) is 132 Å². The second kappa shape index (κ2) is 26.1. The number of methoxy groups -OCH3 is 2. The van der Waals surface area contributed by atoms with Crippen molar-refractivity contribution in [3.63, 3.8) is 0 Å². The minimum atomic E-state index is -2.90. The van der Waals surface area contributed by atoms with Crippen LogP contribution < -0.4 is 9.47 Å². The Kier molecular flexibility index (Phi) is 21.6. The van der Waals surface area contributed by atoms with Crippen LogP contribution in [-0.2, 0) is 41.1 Å². The number of ether oxygens (including phenoxy) is 4. The Hall–Kier alpha value is -4.75. The predicted molar refractivity (Wildman–Crippen MR) is 294 cm³/mol. The normalized spacial score (nSPS) is 15.2. The standard InChI is InChI=1S/C60H86O8Si2/c1-17-59(65-41-51-29-35-53(63-15)36-30-51,57(61)67-69(43(3)4,44(5)6)45(7)8)55(39-33-49-25-21-19-22-26-49)56(40-34-50-27-23-20-24-28-50)60(18-2,66-42-52-31-37-54(64-16)38-32-52)58(62)68-70(46(9)10,47(11)12)48(13)14/h19-40,43-48,55-56H,17-18,41-42H2,1-16H3/b39-33+,40-34+/t55-,56-,59+,60+/m0/s1. The number of hydrogen-bond acceptors (Lipinski definition) is 8. The monoisotopic (exact) mass is 991 g/mol. The largest absolute Gasteiger partial charge is 0.516 e. The number of carbonyl (C=O) groups excluding carboxylic acids is 2. The van der Waals surface area contributed by atoms with Gasteiger partial charge in [0.25, 0.3) is 16.6 Å². The molecule has 8 nitrogen and oxygen atoms in total. The number of carbonyl (C=O) groups is 2. The molecule has 0 amide bonds. The van der Waals surface area contributed by atoms with Crippen LogP contribution >= 0.6 is 0 Å². The molecule has 0 aliphatic rings. The first-order chi connectivity index (χ1) is 33.2. The molecule has 0 heterocycles. The SMILES string of the molecule is CC[C@](OCc1ccc(OC)cc1)(C(=O)O[Si](C(C)C)(C(C)C)C(C)C)[C@@H](/C=C/c1ccccc1)[C@H](/C=C/c1ccccc1)[C@@](CC)(OCc1ccc(OC)cc1)C(=O)O[Si](C(C)C)(C(C)C)C(C)C. The Labute approximate surface area is 424 Å². The van der Waals surface area contributed by atoms with E-state index in [-0.39, 0.29) is 59.3 Å². The highest BCUT2D eigenvalue weighted by molar-refractivity contribution is 6.79. The van der Waals surface area contributed by atoms with E-state index in [4.69, 9.17) is 27.8 Å². The molecule has 0 aromatic heterocycles. The van der Waals surface area contributed by atoms with Crippen molar-refractivity contribution in [3.8, 4) is 11.5 Å². The van der Waals surface area contributed by atoms with Gasteiger partial charge in [0, 0.05) is 11.8 Å². The molecule has 10 heteroatoms. The summed E-state index contributed by atoms with van der Waals surface area (Å²) in [5.41, 5.74) is 0.805. The molecule has 4 rings (SSSR count). The summed E-state index contributed by atoms with van der Waals surface area (Å²) in [6, 6.07) is 35.5. The van der Waals surface area contributed by atoms with Crippen molar-refractivity contribution < 1.29 is 37.4 Å². The van der Waals surface area contributed by atoms with E-state index in [2.05, 4.69) is 95.2 Å². The van der Waals surface area contributed by atoms with Gasteiger partial charge in [0.15, 0.2) is 11.2 Å². The third-order valence-corrected chi connectivity index (χ3v) is 27.0. The quantitative estimate of drug-likeness (QED) is 0.0546. The first kappa shape index (κ1) is 57.8. The highest BCUT2D eigenvalue weighted by atomic mass is 28.4. The topological polar surface area (TPSA) is 89.5 Å². The van der Waals surface area contributed by atoms with Gasteiger partial charge >= 0.3 is 11.9 Å². The van der Waals surface area contributed by atoms with Crippen molar-refractivity contribution in [1.29, 1.82) is 0 Å². The molecule has 4 aromatic rings. The van der Waals surface area contributed by atoms with Gasteiger partial charge in [0.05, 0.1) is 27.4 Å². The minimum absolute atomic E-state index is 0.0810. The Morgan fingerprint density at radius 1 is 0.457 bits per heavy atom. The fourth-order valence-electron chi connectivity index (χ4n) is 11.3. The van der Waals surface area contributed by atoms with Gasteiger partial charge in [-0.15, -0.1) is 0 Å². The van der Waals surface area contributed by atoms with Gasteiger partial charge in [-0.3, -0.25) is 9.59 Å². The zero-order chi connectivity index (χ0) is 51.9. The molecule has 0 aliphatic heterocycles. The van der Waals surface area contributed by atoms with Gasteiger partial charge < -0.3 is 27.8 Å². The summed E-state index contributed by atoms with van der Waals surface area (Å²) in [5, 5.41) is 0. The van der Waals surface area contributed by atoms with Crippen LogP contribution in [0, 0.1) is 11.8 Å².